The molecule has 2 heterocycles. The molecule has 15 nitrogen and oxygen atoms in total. The van der Waals surface area contributed by atoms with Crippen molar-refractivity contribution in [3.8, 4) is 11.5 Å². The monoisotopic (exact) mass is 729 g/mol. The van der Waals surface area contributed by atoms with Gasteiger partial charge in [0.1, 0.15) is 36.1 Å². The largest absolute Gasteiger partial charge is 0.488 e. The third-order valence-corrected chi connectivity index (χ3v) is 8.39. The number of nitrogens with zero attached hydrogens (tertiary/aromatic N) is 4. The molecule has 15 heteroatoms. The Morgan fingerprint density at radius 3 is 1.89 bits per heavy atom. The highest BCUT2D eigenvalue weighted by Gasteiger charge is 2.26. The minimum Gasteiger partial charge on any atom is -0.488 e. The Kier molecular flexibility index (Phi) is 11.4. The molecule has 3 amide bonds. The predicted octanol–water partition coefficient (Wildman–Crippen LogP) is 5.67. The van der Waals surface area contributed by atoms with Gasteiger partial charge in [0.25, 0.3) is 5.91 Å². The van der Waals surface area contributed by atoms with Crippen LogP contribution in [0.3, 0.4) is 0 Å². The first-order chi connectivity index (χ1) is 26.0. The summed E-state index contributed by atoms with van der Waals surface area (Å²) in [5.41, 5.74) is 4.54. The van der Waals surface area contributed by atoms with E-state index >= 15 is 0 Å². The SMILES string of the molecule is CC(=O)C(N=Nc1ccccc1OCCOc1ccccc1N=NC(C(C)=O)C(=O)Nc1ccc2c(c1)NC(=O)C2)C(=O)Cc1ccc2c(c1)CC(=O)N2. The van der Waals surface area contributed by atoms with Crippen LogP contribution in [-0.4, -0.2) is 60.4 Å². The van der Waals surface area contributed by atoms with Crippen LogP contribution in [0.1, 0.15) is 30.5 Å². The highest BCUT2D eigenvalue weighted by atomic mass is 16.5. The Labute approximate surface area is 309 Å². The van der Waals surface area contributed by atoms with Crippen LogP contribution in [0.4, 0.5) is 28.4 Å². The normalized spacial score (nSPS) is 14.2. The number of amides is 3. The van der Waals surface area contributed by atoms with Crippen molar-refractivity contribution >= 4 is 63.5 Å². The van der Waals surface area contributed by atoms with E-state index in [2.05, 4.69) is 36.4 Å². The molecule has 4 aromatic rings. The number of hydrogen-bond acceptors (Lipinski definition) is 12. The average Bonchev–Trinajstić information content (AvgIpc) is 3.70. The molecule has 3 N–H and O–H groups in total. The van der Waals surface area contributed by atoms with Gasteiger partial charge in [-0.3, -0.25) is 28.8 Å². The van der Waals surface area contributed by atoms with E-state index in [0.717, 1.165) is 11.1 Å². The molecule has 0 saturated carbocycles. The van der Waals surface area contributed by atoms with Gasteiger partial charge in [-0.25, -0.2) is 0 Å². The average molecular weight is 730 g/mol. The first-order valence-corrected chi connectivity index (χ1v) is 17.0. The maximum Gasteiger partial charge on any atom is 0.258 e. The fraction of sp³-hybridized carbons (Fsp3) is 0.231. The van der Waals surface area contributed by atoms with Gasteiger partial charge in [0.2, 0.25) is 17.9 Å². The molecule has 0 spiro atoms. The molecule has 2 aliphatic heterocycles. The van der Waals surface area contributed by atoms with Crippen LogP contribution in [0.2, 0.25) is 0 Å². The number of rotatable bonds is 16. The quantitative estimate of drug-likeness (QED) is 0.0743. The van der Waals surface area contributed by atoms with Crippen LogP contribution in [0.15, 0.2) is 105 Å². The lowest BCUT2D eigenvalue weighted by Gasteiger charge is -2.12. The molecule has 0 fully saturated rings. The van der Waals surface area contributed by atoms with Gasteiger partial charge in [0, 0.05) is 23.5 Å². The predicted molar refractivity (Wildman–Crippen MR) is 197 cm³/mol. The summed E-state index contributed by atoms with van der Waals surface area (Å²) in [5, 5.41) is 24.5. The summed E-state index contributed by atoms with van der Waals surface area (Å²) < 4.78 is 11.8. The van der Waals surface area contributed by atoms with Gasteiger partial charge in [-0.15, -0.1) is 0 Å². The Hall–Kier alpha value is -6.90. The number of para-hydroxylation sites is 2. The number of carbonyl (C=O) groups is 6. The molecule has 0 bridgehead atoms. The maximum atomic E-state index is 13.1. The number of azo groups is 2. The Morgan fingerprint density at radius 1 is 0.685 bits per heavy atom. The zero-order valence-electron chi connectivity index (χ0n) is 29.3. The fourth-order valence-electron chi connectivity index (χ4n) is 5.75. The molecule has 2 unspecified atom stereocenters. The van der Waals surface area contributed by atoms with E-state index in [9.17, 15) is 28.8 Å². The first kappa shape index (κ1) is 36.9. The Balaban J connectivity index is 1.04. The van der Waals surface area contributed by atoms with Crippen molar-refractivity contribution in [3.63, 3.8) is 0 Å². The topological polar surface area (TPSA) is 206 Å². The summed E-state index contributed by atoms with van der Waals surface area (Å²) in [6.07, 6.45) is 0.437. The number of Topliss-reactive ketones (excluding diaryl/α,β-unsaturated/α-hetero) is 3. The van der Waals surface area contributed by atoms with Crippen molar-refractivity contribution in [2.75, 3.05) is 29.2 Å². The minimum absolute atomic E-state index is 0.0546. The van der Waals surface area contributed by atoms with Crippen molar-refractivity contribution in [2.24, 2.45) is 20.5 Å². The highest BCUT2D eigenvalue weighted by molar-refractivity contribution is 6.11. The zero-order chi connectivity index (χ0) is 38.2. The van der Waals surface area contributed by atoms with Gasteiger partial charge in [0.05, 0.1) is 12.8 Å². The fourth-order valence-corrected chi connectivity index (χ4v) is 5.75. The second-order valence-corrected chi connectivity index (χ2v) is 12.5. The molecule has 0 aromatic heterocycles. The van der Waals surface area contributed by atoms with E-state index in [4.69, 9.17) is 9.47 Å². The van der Waals surface area contributed by atoms with Crippen molar-refractivity contribution < 1.29 is 38.2 Å². The number of carbonyl (C=O) groups excluding carboxylic acids is 6. The van der Waals surface area contributed by atoms with Crippen LogP contribution in [-0.2, 0) is 48.0 Å². The van der Waals surface area contributed by atoms with E-state index in [1.54, 1.807) is 84.9 Å². The van der Waals surface area contributed by atoms with Gasteiger partial charge >= 0.3 is 0 Å². The van der Waals surface area contributed by atoms with Crippen molar-refractivity contribution in [1.29, 1.82) is 0 Å². The smallest absolute Gasteiger partial charge is 0.258 e. The van der Waals surface area contributed by atoms with Crippen LogP contribution in [0.5, 0.6) is 11.5 Å². The highest BCUT2D eigenvalue weighted by Crippen LogP contribution is 2.31. The molecular weight excluding hydrogens is 694 g/mol. The third kappa shape index (κ3) is 9.11. The Bertz CT molecular complexity index is 2060. The van der Waals surface area contributed by atoms with E-state index < -0.39 is 35.3 Å². The number of hydrogen-bond donors (Lipinski definition) is 3. The molecular formula is C39H35N7O8. The van der Waals surface area contributed by atoms with E-state index in [0.29, 0.717) is 39.8 Å². The summed E-state index contributed by atoms with van der Waals surface area (Å²) in [6, 6.07) is 20.9. The van der Waals surface area contributed by atoms with Crippen molar-refractivity contribution in [1.82, 2.24) is 0 Å². The third-order valence-electron chi connectivity index (χ3n) is 8.39. The zero-order valence-corrected chi connectivity index (χ0v) is 29.3. The van der Waals surface area contributed by atoms with Crippen molar-refractivity contribution in [3.05, 3.63) is 102 Å². The summed E-state index contributed by atoms with van der Waals surface area (Å²) in [7, 11) is 0. The summed E-state index contributed by atoms with van der Waals surface area (Å²) in [4.78, 5) is 74.2. The van der Waals surface area contributed by atoms with Crippen LogP contribution in [0, 0.1) is 0 Å². The minimum atomic E-state index is -1.43. The van der Waals surface area contributed by atoms with Crippen LogP contribution < -0.4 is 25.4 Å². The molecule has 4 aromatic carbocycles. The molecule has 0 saturated heterocycles. The van der Waals surface area contributed by atoms with E-state index in [1.807, 2.05) is 0 Å². The molecule has 2 aliphatic rings. The molecule has 0 aliphatic carbocycles. The molecule has 54 heavy (non-hydrogen) atoms. The van der Waals surface area contributed by atoms with E-state index in [1.165, 1.54) is 13.8 Å². The Morgan fingerprint density at radius 2 is 1.26 bits per heavy atom. The van der Waals surface area contributed by atoms with Gasteiger partial charge in [-0.05, 0) is 73.0 Å². The van der Waals surface area contributed by atoms with Gasteiger partial charge in [0.15, 0.2) is 23.4 Å². The van der Waals surface area contributed by atoms with E-state index in [-0.39, 0.29) is 50.0 Å². The number of ketones is 3. The lowest BCUT2D eigenvalue weighted by molar-refractivity contribution is -0.128. The maximum absolute atomic E-state index is 13.1. The lowest BCUT2D eigenvalue weighted by atomic mass is 9.99. The standard InChI is InChI=1S/C39H35N7O8/c1-22(47)37(32(49)18-24-11-14-28-26(17-24)20-36(51)41-28)45-43-29-7-3-5-9-33(29)53-15-16-54-34-10-6-4-8-30(34)44-46-38(23(2)48)39(52)40-27-13-12-25-19-35(50)42-31(25)21-27/h3-14,17,21,37-38H,15-16,18-20H2,1-2H3,(H,40,52)(H,41,51)(H,42,50). The first-order valence-electron chi connectivity index (χ1n) is 17.0. The van der Waals surface area contributed by atoms with Gasteiger partial charge < -0.3 is 25.4 Å². The van der Waals surface area contributed by atoms with Crippen LogP contribution >= 0.6 is 0 Å². The number of benzene rings is 4. The summed E-state index contributed by atoms with van der Waals surface area (Å²) in [5.74, 6) is -1.70. The second kappa shape index (κ2) is 16.6. The van der Waals surface area contributed by atoms with Crippen LogP contribution in [0.25, 0.3) is 0 Å². The lowest BCUT2D eigenvalue weighted by Crippen LogP contribution is -2.31. The van der Waals surface area contributed by atoms with Crippen molar-refractivity contribution in [2.45, 2.75) is 45.2 Å². The number of nitrogens with one attached hydrogen (secondary N) is 3. The molecule has 274 valence electrons. The number of ether oxygens (including phenoxy) is 2. The number of anilines is 3. The second-order valence-electron chi connectivity index (χ2n) is 12.5. The number of fused-ring (bicyclic) bond motifs is 2. The summed E-state index contributed by atoms with van der Waals surface area (Å²) in [6.45, 7) is 2.62. The van der Waals surface area contributed by atoms with Gasteiger partial charge in [-0.1, -0.05) is 42.5 Å². The van der Waals surface area contributed by atoms with Gasteiger partial charge in [-0.2, -0.15) is 20.5 Å². The molecule has 6 rings (SSSR count). The molecule has 0 radical (unpaired) electrons. The molecule has 2 atom stereocenters. The summed E-state index contributed by atoms with van der Waals surface area (Å²) >= 11 is 0.